The molecule has 8 heteroatoms. The summed E-state index contributed by atoms with van der Waals surface area (Å²) in [6.45, 7) is 4.07. The van der Waals surface area contributed by atoms with E-state index in [1.165, 1.54) is 16.0 Å². The van der Waals surface area contributed by atoms with Crippen molar-refractivity contribution in [3.05, 3.63) is 52.8 Å². The van der Waals surface area contributed by atoms with Gasteiger partial charge in [-0.1, -0.05) is 18.2 Å². The fourth-order valence-corrected chi connectivity index (χ4v) is 3.58. The van der Waals surface area contributed by atoms with Crippen LogP contribution in [0.15, 0.2) is 41.5 Å². The van der Waals surface area contributed by atoms with E-state index in [-0.39, 0.29) is 17.0 Å². The van der Waals surface area contributed by atoms with Gasteiger partial charge < -0.3 is 4.90 Å². The van der Waals surface area contributed by atoms with E-state index in [2.05, 4.69) is 15.4 Å². The lowest BCUT2D eigenvalue weighted by Crippen LogP contribution is -3.13. The van der Waals surface area contributed by atoms with Crippen molar-refractivity contribution >= 4 is 17.1 Å². The van der Waals surface area contributed by atoms with Gasteiger partial charge in [-0.2, -0.15) is 0 Å². The molecule has 4 rings (SSSR count). The van der Waals surface area contributed by atoms with Gasteiger partial charge >= 0.3 is 5.56 Å². The van der Waals surface area contributed by atoms with Gasteiger partial charge in [0.05, 0.1) is 13.1 Å². The number of piperidine rings is 1. The molecule has 0 unspecified atom stereocenters. The Hall–Kier alpha value is -3.00. The third-order valence-electron chi connectivity index (χ3n) is 4.98. The van der Waals surface area contributed by atoms with E-state index in [9.17, 15) is 9.59 Å². The van der Waals surface area contributed by atoms with Crippen molar-refractivity contribution in [3.8, 4) is 5.69 Å². The maximum Gasteiger partial charge on any atom is 0.300 e. The Morgan fingerprint density at radius 1 is 1.19 bits per heavy atom. The summed E-state index contributed by atoms with van der Waals surface area (Å²) in [7, 11) is 0. The second-order valence-corrected chi connectivity index (χ2v) is 6.94. The van der Waals surface area contributed by atoms with Crippen LogP contribution in [0.3, 0.4) is 0 Å². The first kappa shape index (κ1) is 17.4. The predicted octanol–water partition coefficient (Wildman–Crippen LogP) is 0.0295. The molecule has 0 radical (unpaired) electrons. The van der Waals surface area contributed by atoms with E-state index in [4.69, 9.17) is 0 Å². The number of para-hydroxylation sites is 1. The lowest BCUT2D eigenvalue weighted by molar-refractivity contribution is -0.896. The molecule has 3 aromatic rings. The fourth-order valence-electron chi connectivity index (χ4n) is 3.58. The Morgan fingerprint density at radius 3 is 2.67 bits per heavy atom. The largest absolute Gasteiger partial charge is 0.327 e. The molecule has 1 fully saturated rings. The molecule has 1 aromatic carbocycles. The highest BCUT2D eigenvalue weighted by molar-refractivity contribution is 5.85. The van der Waals surface area contributed by atoms with E-state index in [0.29, 0.717) is 18.0 Å². The highest BCUT2D eigenvalue weighted by Gasteiger charge is 2.20. The van der Waals surface area contributed by atoms with Crippen molar-refractivity contribution in [2.75, 3.05) is 25.1 Å². The normalized spacial score (nSPS) is 15.1. The summed E-state index contributed by atoms with van der Waals surface area (Å²) < 4.78 is 2.98. The maximum absolute atomic E-state index is 12.8. The summed E-state index contributed by atoms with van der Waals surface area (Å²) in [6, 6.07) is 9.60. The molecule has 0 aliphatic carbocycles. The Labute approximate surface area is 156 Å². The van der Waals surface area contributed by atoms with Crippen molar-refractivity contribution in [1.29, 1.82) is 0 Å². The number of fused-ring (bicyclic) bond motifs is 1. The third-order valence-corrected chi connectivity index (χ3v) is 4.98. The zero-order valence-corrected chi connectivity index (χ0v) is 15.3. The number of benzene rings is 1. The molecule has 3 heterocycles. The highest BCUT2D eigenvalue weighted by atomic mass is 16.2. The molecule has 8 nitrogen and oxygen atoms in total. The summed E-state index contributed by atoms with van der Waals surface area (Å²) in [5.74, 6) is 0.243. The minimum Gasteiger partial charge on any atom is -0.327 e. The Morgan fingerprint density at radius 2 is 1.93 bits per heavy atom. The number of carbonyl (C=O) groups excluding carboxylic acids is 1. The molecular weight excluding hydrogens is 344 g/mol. The van der Waals surface area contributed by atoms with Crippen LogP contribution in [-0.2, 0) is 4.79 Å². The van der Waals surface area contributed by atoms with Crippen LogP contribution >= 0.6 is 0 Å². The van der Waals surface area contributed by atoms with Gasteiger partial charge in [-0.25, -0.2) is 14.6 Å². The van der Waals surface area contributed by atoms with Crippen molar-refractivity contribution in [2.24, 2.45) is 0 Å². The Bertz CT molecular complexity index is 1020. The summed E-state index contributed by atoms with van der Waals surface area (Å²) in [5.41, 5.74) is 3.92. The van der Waals surface area contributed by atoms with Gasteiger partial charge in [0.15, 0.2) is 17.7 Å². The third kappa shape index (κ3) is 3.48. The maximum atomic E-state index is 12.8. The molecular formula is C19H23N6O2+. The van der Waals surface area contributed by atoms with E-state index in [1.54, 1.807) is 17.8 Å². The SMILES string of the molecule is Cc1nc2c(ncn2-c2ccccc2)c(=O)n1NC(=O)C[NH+]1CCCCC1. The van der Waals surface area contributed by atoms with Crippen LogP contribution in [0.5, 0.6) is 0 Å². The molecule has 2 N–H and O–H groups in total. The lowest BCUT2D eigenvalue weighted by Gasteiger charge is -2.23. The summed E-state index contributed by atoms with van der Waals surface area (Å²) in [6.07, 6.45) is 5.10. The first-order chi connectivity index (χ1) is 13.1. The van der Waals surface area contributed by atoms with Crippen LogP contribution < -0.4 is 15.9 Å². The number of rotatable bonds is 4. The van der Waals surface area contributed by atoms with E-state index in [0.717, 1.165) is 31.6 Å². The van der Waals surface area contributed by atoms with E-state index < -0.39 is 0 Å². The standard InChI is InChI=1S/C19H22N6O2/c1-14-21-18-17(20-13-24(18)15-8-4-2-5-9-15)19(27)25(14)22-16(26)12-23-10-6-3-7-11-23/h2,4-5,8-9,13H,3,6-7,10-12H2,1H3,(H,22,26)/p+1. The van der Waals surface area contributed by atoms with Gasteiger partial charge in [0.25, 0.3) is 5.91 Å². The van der Waals surface area contributed by atoms with Gasteiger partial charge in [0.2, 0.25) is 0 Å². The number of imidazole rings is 1. The van der Waals surface area contributed by atoms with E-state index >= 15 is 0 Å². The van der Waals surface area contributed by atoms with Crippen molar-refractivity contribution in [3.63, 3.8) is 0 Å². The quantitative estimate of drug-likeness (QED) is 0.681. The molecule has 0 spiro atoms. The van der Waals surface area contributed by atoms with Crippen LogP contribution in [0, 0.1) is 6.92 Å². The number of nitrogens with zero attached hydrogens (tertiary/aromatic N) is 4. The summed E-state index contributed by atoms with van der Waals surface area (Å²) in [5, 5.41) is 0. The number of carbonyl (C=O) groups is 1. The number of hydrogen-bond acceptors (Lipinski definition) is 4. The van der Waals surface area contributed by atoms with Gasteiger partial charge in [-0.15, -0.1) is 0 Å². The zero-order chi connectivity index (χ0) is 18.8. The predicted molar refractivity (Wildman–Crippen MR) is 102 cm³/mol. The molecule has 1 saturated heterocycles. The molecule has 0 atom stereocenters. The Balaban J connectivity index is 1.62. The first-order valence-corrected chi connectivity index (χ1v) is 9.29. The van der Waals surface area contributed by atoms with Gasteiger partial charge in [-0.3, -0.25) is 19.6 Å². The Kier molecular flexibility index (Phi) is 4.72. The molecule has 0 saturated carbocycles. The van der Waals surface area contributed by atoms with Crippen LogP contribution in [-0.4, -0.2) is 44.8 Å². The number of likely N-dealkylation sites (tertiary alicyclic amines) is 1. The topological polar surface area (TPSA) is 86.2 Å². The average molecular weight is 367 g/mol. The smallest absolute Gasteiger partial charge is 0.300 e. The summed E-state index contributed by atoms with van der Waals surface area (Å²) >= 11 is 0. The van der Waals surface area contributed by atoms with Crippen LogP contribution in [0.2, 0.25) is 0 Å². The number of hydrogen-bond donors (Lipinski definition) is 2. The number of quaternary nitrogens is 1. The average Bonchev–Trinajstić information content (AvgIpc) is 3.10. The second kappa shape index (κ2) is 7.32. The van der Waals surface area contributed by atoms with Crippen LogP contribution in [0.25, 0.3) is 16.9 Å². The zero-order valence-electron chi connectivity index (χ0n) is 15.3. The number of nitrogens with one attached hydrogen (secondary N) is 2. The molecule has 1 aliphatic heterocycles. The van der Waals surface area contributed by atoms with Crippen molar-refractivity contribution in [1.82, 2.24) is 19.2 Å². The molecule has 1 amide bonds. The highest BCUT2D eigenvalue weighted by Crippen LogP contribution is 2.13. The molecule has 27 heavy (non-hydrogen) atoms. The van der Waals surface area contributed by atoms with Gasteiger partial charge in [-0.05, 0) is 38.3 Å². The lowest BCUT2D eigenvalue weighted by atomic mass is 10.1. The summed E-state index contributed by atoms with van der Waals surface area (Å²) in [4.78, 5) is 35.3. The van der Waals surface area contributed by atoms with E-state index in [1.807, 2.05) is 30.3 Å². The van der Waals surface area contributed by atoms with Crippen LogP contribution in [0.4, 0.5) is 0 Å². The molecule has 140 valence electrons. The van der Waals surface area contributed by atoms with Crippen molar-refractivity contribution < 1.29 is 9.69 Å². The molecule has 1 aliphatic rings. The number of aromatic nitrogens is 4. The molecule has 2 aromatic heterocycles. The minimum absolute atomic E-state index is 0.180. The number of aryl methyl sites for hydroxylation is 1. The minimum atomic E-state index is -0.367. The van der Waals surface area contributed by atoms with Gasteiger partial charge in [0.1, 0.15) is 12.2 Å². The fraction of sp³-hybridized carbons (Fsp3) is 0.368. The second-order valence-electron chi connectivity index (χ2n) is 6.94. The monoisotopic (exact) mass is 367 g/mol. The van der Waals surface area contributed by atoms with Crippen LogP contribution in [0.1, 0.15) is 25.1 Å². The molecule has 0 bridgehead atoms. The first-order valence-electron chi connectivity index (χ1n) is 9.29. The number of amides is 1. The van der Waals surface area contributed by atoms with Gasteiger partial charge in [0, 0.05) is 5.69 Å². The van der Waals surface area contributed by atoms with Crippen molar-refractivity contribution in [2.45, 2.75) is 26.2 Å².